The van der Waals surface area contributed by atoms with E-state index < -0.39 is 0 Å². The normalized spacial score (nSPS) is 10.8. The zero-order valence-corrected chi connectivity index (χ0v) is 11.3. The first kappa shape index (κ1) is 12.5. The van der Waals surface area contributed by atoms with E-state index in [9.17, 15) is 0 Å². The van der Waals surface area contributed by atoms with E-state index in [0.29, 0.717) is 29.3 Å². The SMILES string of the molecule is CCc1ccc(OCc2nc3c(N)cccc3o2)cc1. The van der Waals surface area contributed by atoms with Crippen LogP contribution in [0.3, 0.4) is 0 Å². The predicted molar refractivity (Wildman–Crippen MR) is 78.6 cm³/mol. The minimum atomic E-state index is 0.291. The lowest BCUT2D eigenvalue weighted by Gasteiger charge is -2.04. The van der Waals surface area contributed by atoms with Crippen molar-refractivity contribution in [2.24, 2.45) is 0 Å². The lowest BCUT2D eigenvalue weighted by atomic mass is 10.2. The van der Waals surface area contributed by atoms with Crippen LogP contribution in [-0.4, -0.2) is 4.98 Å². The summed E-state index contributed by atoms with van der Waals surface area (Å²) in [5.41, 5.74) is 9.12. The maximum atomic E-state index is 5.85. The minimum absolute atomic E-state index is 0.291. The average Bonchev–Trinajstić information content (AvgIpc) is 2.90. The number of ether oxygens (including phenoxy) is 1. The molecule has 1 aromatic heterocycles. The fourth-order valence-electron chi connectivity index (χ4n) is 2.04. The third-order valence-corrected chi connectivity index (χ3v) is 3.19. The van der Waals surface area contributed by atoms with Crippen molar-refractivity contribution in [1.82, 2.24) is 4.98 Å². The highest BCUT2D eigenvalue weighted by Crippen LogP contribution is 2.22. The molecule has 0 aliphatic heterocycles. The highest BCUT2D eigenvalue weighted by Gasteiger charge is 2.08. The molecule has 3 rings (SSSR count). The molecular weight excluding hydrogens is 252 g/mol. The van der Waals surface area contributed by atoms with Crippen LogP contribution in [0.2, 0.25) is 0 Å². The highest BCUT2D eigenvalue weighted by molar-refractivity contribution is 5.85. The maximum absolute atomic E-state index is 5.85. The molecule has 0 aliphatic rings. The molecule has 0 fully saturated rings. The first-order valence-electron chi connectivity index (χ1n) is 6.62. The quantitative estimate of drug-likeness (QED) is 0.735. The van der Waals surface area contributed by atoms with Crippen molar-refractivity contribution in [2.45, 2.75) is 20.0 Å². The zero-order valence-electron chi connectivity index (χ0n) is 11.3. The molecule has 0 amide bonds. The molecule has 0 saturated heterocycles. The maximum Gasteiger partial charge on any atom is 0.233 e. The van der Waals surface area contributed by atoms with E-state index in [1.165, 1.54) is 5.56 Å². The molecule has 4 heteroatoms. The van der Waals surface area contributed by atoms with Crippen molar-refractivity contribution >= 4 is 16.8 Å². The molecule has 20 heavy (non-hydrogen) atoms. The number of fused-ring (bicyclic) bond motifs is 1. The minimum Gasteiger partial charge on any atom is -0.484 e. The van der Waals surface area contributed by atoms with Crippen molar-refractivity contribution < 1.29 is 9.15 Å². The molecule has 0 spiro atoms. The number of para-hydroxylation sites is 1. The summed E-state index contributed by atoms with van der Waals surface area (Å²) in [6.45, 7) is 2.41. The molecule has 0 aliphatic carbocycles. The number of hydrogen-bond acceptors (Lipinski definition) is 4. The molecule has 2 N–H and O–H groups in total. The first-order valence-corrected chi connectivity index (χ1v) is 6.62. The van der Waals surface area contributed by atoms with Crippen LogP contribution in [-0.2, 0) is 13.0 Å². The lowest BCUT2D eigenvalue weighted by molar-refractivity contribution is 0.267. The van der Waals surface area contributed by atoms with Crippen LogP contribution in [0.5, 0.6) is 5.75 Å². The second-order valence-corrected chi connectivity index (χ2v) is 4.59. The standard InChI is InChI=1S/C16H16N2O2/c1-2-11-6-8-12(9-7-11)19-10-15-18-16-13(17)4-3-5-14(16)20-15/h3-9H,2,10,17H2,1H3. The third kappa shape index (κ3) is 2.45. The van der Waals surface area contributed by atoms with Gasteiger partial charge in [-0.1, -0.05) is 25.1 Å². The molecule has 1 heterocycles. The second-order valence-electron chi connectivity index (χ2n) is 4.59. The van der Waals surface area contributed by atoms with Crippen LogP contribution >= 0.6 is 0 Å². The molecule has 0 unspecified atom stereocenters. The summed E-state index contributed by atoms with van der Waals surface area (Å²) in [5.74, 6) is 1.33. The molecule has 0 atom stereocenters. The fourth-order valence-corrected chi connectivity index (χ4v) is 2.04. The monoisotopic (exact) mass is 268 g/mol. The van der Waals surface area contributed by atoms with Crippen LogP contribution in [0.4, 0.5) is 5.69 Å². The molecule has 0 radical (unpaired) electrons. The fraction of sp³-hybridized carbons (Fsp3) is 0.188. The van der Waals surface area contributed by atoms with Gasteiger partial charge in [-0.2, -0.15) is 0 Å². The van der Waals surface area contributed by atoms with Crippen LogP contribution < -0.4 is 10.5 Å². The number of hydrogen-bond donors (Lipinski definition) is 1. The first-order chi connectivity index (χ1) is 9.76. The van der Waals surface area contributed by atoms with Gasteiger partial charge in [0.2, 0.25) is 5.89 Å². The number of aromatic nitrogens is 1. The molecule has 0 bridgehead atoms. The topological polar surface area (TPSA) is 61.3 Å². The Balaban J connectivity index is 1.74. The number of oxazole rings is 1. The summed E-state index contributed by atoms with van der Waals surface area (Å²) in [5, 5.41) is 0. The van der Waals surface area contributed by atoms with Gasteiger partial charge in [0.15, 0.2) is 12.2 Å². The Hall–Kier alpha value is -2.49. The summed E-state index contributed by atoms with van der Waals surface area (Å²) in [6.07, 6.45) is 1.02. The van der Waals surface area contributed by atoms with Gasteiger partial charge >= 0.3 is 0 Å². The van der Waals surface area contributed by atoms with Gasteiger partial charge in [0.25, 0.3) is 0 Å². The lowest BCUT2D eigenvalue weighted by Crippen LogP contribution is -1.95. The molecule has 4 nitrogen and oxygen atoms in total. The predicted octanol–water partition coefficient (Wildman–Crippen LogP) is 3.55. The van der Waals surface area contributed by atoms with Crippen LogP contribution in [0.15, 0.2) is 46.9 Å². The molecule has 102 valence electrons. The number of aryl methyl sites for hydroxylation is 1. The smallest absolute Gasteiger partial charge is 0.233 e. The molecule has 0 saturated carbocycles. The van der Waals surface area contributed by atoms with Crippen molar-refractivity contribution in [1.29, 1.82) is 0 Å². The highest BCUT2D eigenvalue weighted by atomic mass is 16.5. The van der Waals surface area contributed by atoms with E-state index in [1.54, 1.807) is 6.07 Å². The van der Waals surface area contributed by atoms with Gasteiger partial charge in [0, 0.05) is 0 Å². The van der Waals surface area contributed by atoms with E-state index in [-0.39, 0.29) is 0 Å². The van der Waals surface area contributed by atoms with E-state index in [1.807, 2.05) is 24.3 Å². The van der Waals surface area contributed by atoms with Gasteiger partial charge < -0.3 is 14.9 Å². The Morgan fingerprint density at radius 3 is 2.65 bits per heavy atom. The average molecular weight is 268 g/mol. The van der Waals surface area contributed by atoms with E-state index in [2.05, 4.69) is 24.0 Å². The summed E-state index contributed by atoms with van der Waals surface area (Å²) in [6, 6.07) is 13.5. The van der Waals surface area contributed by atoms with Crippen LogP contribution in [0, 0.1) is 0 Å². The number of anilines is 1. The van der Waals surface area contributed by atoms with Gasteiger partial charge in [-0.25, -0.2) is 4.98 Å². The summed E-state index contributed by atoms with van der Waals surface area (Å²) < 4.78 is 11.3. The molecule has 2 aromatic carbocycles. The molecular formula is C16H16N2O2. The Kier molecular flexibility index (Phi) is 3.29. The number of benzene rings is 2. The van der Waals surface area contributed by atoms with Crippen molar-refractivity contribution in [3.8, 4) is 5.75 Å². The van der Waals surface area contributed by atoms with Gasteiger partial charge in [-0.15, -0.1) is 0 Å². The number of nitrogen functional groups attached to an aromatic ring is 1. The Morgan fingerprint density at radius 2 is 1.95 bits per heavy atom. The van der Waals surface area contributed by atoms with Gasteiger partial charge in [-0.3, -0.25) is 0 Å². The van der Waals surface area contributed by atoms with Gasteiger partial charge in [0.1, 0.15) is 11.3 Å². The van der Waals surface area contributed by atoms with Crippen molar-refractivity contribution in [2.75, 3.05) is 5.73 Å². The third-order valence-electron chi connectivity index (χ3n) is 3.19. The number of nitrogens with two attached hydrogens (primary N) is 1. The van der Waals surface area contributed by atoms with Crippen LogP contribution in [0.1, 0.15) is 18.4 Å². The zero-order chi connectivity index (χ0) is 13.9. The number of rotatable bonds is 4. The Bertz CT molecular complexity index is 717. The summed E-state index contributed by atoms with van der Waals surface area (Å²) in [7, 11) is 0. The van der Waals surface area contributed by atoms with Crippen molar-refractivity contribution in [3.05, 3.63) is 53.9 Å². The largest absolute Gasteiger partial charge is 0.484 e. The number of nitrogens with zero attached hydrogens (tertiary/aromatic N) is 1. The summed E-state index contributed by atoms with van der Waals surface area (Å²) in [4.78, 5) is 4.34. The van der Waals surface area contributed by atoms with E-state index in [4.69, 9.17) is 14.9 Å². The van der Waals surface area contributed by atoms with Gasteiger partial charge in [0.05, 0.1) is 5.69 Å². The second kappa shape index (κ2) is 5.25. The Labute approximate surface area is 117 Å². The summed E-state index contributed by atoms with van der Waals surface area (Å²) >= 11 is 0. The van der Waals surface area contributed by atoms with Gasteiger partial charge in [-0.05, 0) is 36.2 Å². The van der Waals surface area contributed by atoms with E-state index in [0.717, 1.165) is 12.2 Å². The Morgan fingerprint density at radius 1 is 1.15 bits per heavy atom. The molecule has 3 aromatic rings. The van der Waals surface area contributed by atoms with Crippen molar-refractivity contribution in [3.63, 3.8) is 0 Å². The van der Waals surface area contributed by atoms with Crippen LogP contribution in [0.25, 0.3) is 11.1 Å². The van der Waals surface area contributed by atoms with E-state index >= 15 is 0 Å².